The lowest BCUT2D eigenvalue weighted by Gasteiger charge is -2.37. The SMILES string of the molecule is CC(C)(C)c1ccc(C2(c3cc(-c4ccccc4)c(N4CN(c5cccc(Oc6ccc7c8ccccc8n(-c8cc(C(C)(C)C)ccn8)c7c6)c5)c5ccccc54)c(-c4ccccc4)c3)c3cc(C(C)(C)C)ccc3-c3ccc(C(C)(C)C)cc32)cc1. The van der Waals surface area contributed by atoms with Crippen molar-refractivity contribution in [3.63, 3.8) is 0 Å². The van der Waals surface area contributed by atoms with Gasteiger partial charge < -0.3 is 14.5 Å². The van der Waals surface area contributed by atoms with E-state index in [1.54, 1.807) is 0 Å². The van der Waals surface area contributed by atoms with E-state index in [-0.39, 0.29) is 21.7 Å². The number of hydrogen-bond donors (Lipinski definition) is 0. The molecule has 0 amide bonds. The van der Waals surface area contributed by atoms with Crippen molar-refractivity contribution in [1.82, 2.24) is 9.55 Å². The molecular weight excluding hydrogens is 1070 g/mol. The van der Waals surface area contributed by atoms with Crippen molar-refractivity contribution in [2.24, 2.45) is 0 Å². The molecule has 0 bridgehead atoms. The fourth-order valence-electron chi connectivity index (χ4n) is 13.8. The van der Waals surface area contributed by atoms with Gasteiger partial charge in [-0.05, 0) is 155 Å². The maximum Gasteiger partial charge on any atom is 0.137 e. The molecule has 0 fully saturated rings. The van der Waals surface area contributed by atoms with E-state index in [1.165, 1.54) is 72.1 Å². The molecule has 436 valence electrons. The first kappa shape index (κ1) is 56.4. The van der Waals surface area contributed by atoms with Gasteiger partial charge in [-0.3, -0.25) is 4.57 Å². The van der Waals surface area contributed by atoms with Crippen molar-refractivity contribution in [1.29, 1.82) is 0 Å². The quantitative estimate of drug-likeness (QED) is 0.144. The monoisotopic (exact) mass is 1150 g/mol. The highest BCUT2D eigenvalue weighted by Crippen LogP contribution is 2.60. The number of para-hydroxylation sites is 3. The topological polar surface area (TPSA) is 33.5 Å². The summed E-state index contributed by atoms with van der Waals surface area (Å²) in [7, 11) is 0. The molecule has 0 unspecified atom stereocenters. The standard InChI is InChI=1S/C83H78N4O/c1-79(2,3)56-34-36-57(37-35-56)83(71-48-58(80(4,5)6)38-41-65(71)66-42-39-59(49-72(66)83)81(7,8)9)61-46-69(54-24-15-13-16-25-54)78(70(47-61)55-26-17-14-18-27-55)86-53-85(74-32-21-22-33-75(74)86)62-28-23-29-63(51-62)88-64-40-43-68-67-30-19-20-31-73(67)87(76(68)52-64)77-50-60(44-45-84-77)82(10,11)12/h13-52H,53H2,1-12H3. The maximum atomic E-state index is 6.96. The summed E-state index contributed by atoms with van der Waals surface area (Å²) in [4.78, 5) is 9.95. The number of fused-ring (bicyclic) bond motifs is 7. The molecule has 14 rings (SSSR count). The van der Waals surface area contributed by atoms with Gasteiger partial charge in [0.05, 0.1) is 33.5 Å². The zero-order valence-electron chi connectivity index (χ0n) is 53.0. The summed E-state index contributed by atoms with van der Waals surface area (Å²) in [6.45, 7) is 28.3. The van der Waals surface area contributed by atoms with Crippen LogP contribution in [0.15, 0.2) is 243 Å². The van der Waals surface area contributed by atoms with E-state index in [4.69, 9.17) is 9.72 Å². The highest BCUT2D eigenvalue weighted by Gasteiger charge is 2.48. The fourth-order valence-corrected chi connectivity index (χ4v) is 13.8. The molecule has 0 spiro atoms. The number of hydrogen-bond acceptors (Lipinski definition) is 4. The van der Waals surface area contributed by atoms with Gasteiger partial charge in [0, 0.05) is 45.9 Å². The van der Waals surface area contributed by atoms with Crippen LogP contribution in [0.5, 0.6) is 11.5 Å². The third-order valence-electron chi connectivity index (χ3n) is 18.6. The Hall–Kier alpha value is -9.45. The Morgan fingerprint density at radius 1 is 0.375 bits per heavy atom. The molecular formula is C83H78N4O. The number of rotatable bonds is 9. The van der Waals surface area contributed by atoms with Gasteiger partial charge in [-0.2, -0.15) is 0 Å². The van der Waals surface area contributed by atoms with E-state index >= 15 is 0 Å². The average molecular weight is 1150 g/mol. The Morgan fingerprint density at radius 2 is 0.886 bits per heavy atom. The Kier molecular flexibility index (Phi) is 13.4. The third kappa shape index (κ3) is 9.58. The lowest BCUT2D eigenvalue weighted by molar-refractivity contribution is 0.483. The van der Waals surface area contributed by atoms with Crippen LogP contribution in [0.4, 0.5) is 22.7 Å². The molecule has 1 aliphatic carbocycles. The van der Waals surface area contributed by atoms with E-state index in [9.17, 15) is 0 Å². The summed E-state index contributed by atoms with van der Waals surface area (Å²) in [6, 6.07) is 88.6. The predicted octanol–water partition coefficient (Wildman–Crippen LogP) is 22.1. The van der Waals surface area contributed by atoms with Crippen LogP contribution in [0.25, 0.3) is 61.0 Å². The molecule has 12 aromatic rings. The normalized spacial score (nSPS) is 13.9. The lowest BCUT2D eigenvalue weighted by atomic mass is 9.65. The summed E-state index contributed by atoms with van der Waals surface area (Å²) in [5.74, 6) is 2.40. The van der Waals surface area contributed by atoms with Crippen molar-refractivity contribution < 1.29 is 4.74 Å². The van der Waals surface area contributed by atoms with Crippen molar-refractivity contribution in [3.8, 4) is 50.7 Å². The Balaban J connectivity index is 0.950. The zero-order chi connectivity index (χ0) is 61.1. The van der Waals surface area contributed by atoms with Crippen LogP contribution in [0.1, 0.15) is 128 Å². The lowest BCUT2D eigenvalue weighted by Crippen LogP contribution is -2.31. The number of ether oxygens (including phenoxy) is 1. The van der Waals surface area contributed by atoms with E-state index in [0.717, 1.165) is 67.6 Å². The number of pyridine rings is 1. The maximum absolute atomic E-state index is 6.96. The van der Waals surface area contributed by atoms with Crippen LogP contribution in [-0.4, -0.2) is 16.2 Å². The smallest absolute Gasteiger partial charge is 0.137 e. The molecule has 0 saturated carbocycles. The average Bonchev–Trinajstić information content (AvgIpc) is 1.50. The fraction of sp³-hybridized carbons (Fsp3) is 0.217. The molecule has 0 saturated heterocycles. The molecule has 0 atom stereocenters. The number of nitrogens with zero attached hydrogens (tertiary/aromatic N) is 4. The van der Waals surface area contributed by atoms with E-state index in [0.29, 0.717) is 6.67 Å². The first-order valence-corrected chi connectivity index (χ1v) is 31.3. The van der Waals surface area contributed by atoms with Crippen LogP contribution in [0, 0.1) is 0 Å². The molecule has 2 aliphatic rings. The van der Waals surface area contributed by atoms with Crippen LogP contribution in [-0.2, 0) is 27.1 Å². The minimum atomic E-state index is -0.708. The van der Waals surface area contributed by atoms with E-state index < -0.39 is 5.41 Å². The van der Waals surface area contributed by atoms with Gasteiger partial charge >= 0.3 is 0 Å². The molecule has 1 aliphatic heterocycles. The van der Waals surface area contributed by atoms with Crippen LogP contribution in [0.2, 0.25) is 0 Å². The zero-order valence-corrected chi connectivity index (χ0v) is 53.0. The van der Waals surface area contributed by atoms with Gasteiger partial charge in [-0.1, -0.05) is 241 Å². The van der Waals surface area contributed by atoms with E-state index in [2.05, 4.69) is 334 Å². The molecule has 10 aromatic carbocycles. The van der Waals surface area contributed by atoms with E-state index in [1.807, 2.05) is 6.20 Å². The second kappa shape index (κ2) is 20.9. The number of anilines is 4. The van der Waals surface area contributed by atoms with Gasteiger partial charge in [0.2, 0.25) is 0 Å². The van der Waals surface area contributed by atoms with Gasteiger partial charge in [-0.25, -0.2) is 4.98 Å². The second-order valence-corrected chi connectivity index (χ2v) is 28.5. The minimum Gasteiger partial charge on any atom is -0.457 e. The molecule has 0 radical (unpaired) electrons. The highest BCUT2D eigenvalue weighted by atomic mass is 16.5. The van der Waals surface area contributed by atoms with Crippen LogP contribution >= 0.6 is 0 Å². The Morgan fingerprint density at radius 3 is 1.48 bits per heavy atom. The highest BCUT2D eigenvalue weighted by molar-refractivity contribution is 6.09. The minimum absolute atomic E-state index is 0.0246. The summed E-state index contributed by atoms with van der Waals surface area (Å²) in [5, 5.41) is 2.33. The van der Waals surface area contributed by atoms with Crippen molar-refractivity contribution >= 4 is 44.6 Å². The summed E-state index contributed by atoms with van der Waals surface area (Å²) in [5.41, 5.74) is 23.2. The van der Waals surface area contributed by atoms with Gasteiger partial charge in [0.1, 0.15) is 24.0 Å². The molecule has 88 heavy (non-hydrogen) atoms. The predicted molar refractivity (Wildman–Crippen MR) is 370 cm³/mol. The largest absolute Gasteiger partial charge is 0.457 e. The molecule has 0 N–H and O–H groups in total. The number of benzene rings is 10. The van der Waals surface area contributed by atoms with Gasteiger partial charge in [0.15, 0.2) is 0 Å². The van der Waals surface area contributed by atoms with Gasteiger partial charge in [0.25, 0.3) is 0 Å². The number of aromatic nitrogens is 2. The first-order valence-electron chi connectivity index (χ1n) is 31.3. The summed E-state index contributed by atoms with van der Waals surface area (Å²) in [6.07, 6.45) is 1.93. The van der Waals surface area contributed by atoms with Crippen LogP contribution < -0.4 is 14.5 Å². The van der Waals surface area contributed by atoms with Crippen molar-refractivity contribution in [3.05, 3.63) is 287 Å². The Bertz CT molecular complexity index is 4530. The van der Waals surface area contributed by atoms with Crippen molar-refractivity contribution in [2.45, 2.75) is 110 Å². The Labute approximate surface area is 520 Å². The van der Waals surface area contributed by atoms with Crippen LogP contribution in [0.3, 0.4) is 0 Å². The summed E-state index contributed by atoms with van der Waals surface area (Å²) < 4.78 is 9.24. The van der Waals surface area contributed by atoms with Crippen molar-refractivity contribution in [2.75, 3.05) is 16.5 Å². The molecule has 2 aromatic heterocycles. The molecule has 5 nitrogen and oxygen atoms in total. The second-order valence-electron chi connectivity index (χ2n) is 28.5. The molecule has 3 heterocycles. The van der Waals surface area contributed by atoms with Gasteiger partial charge in [-0.15, -0.1) is 0 Å². The third-order valence-corrected chi connectivity index (χ3v) is 18.6. The summed E-state index contributed by atoms with van der Waals surface area (Å²) >= 11 is 0. The molecule has 5 heteroatoms. The first-order chi connectivity index (χ1) is 42.1.